The van der Waals surface area contributed by atoms with Crippen molar-refractivity contribution in [1.29, 1.82) is 0 Å². The zero-order valence-corrected chi connectivity index (χ0v) is 78.8. The SMILES string of the molecule is CN(CCN(C)P1OC(c2ccccc2)(c2ccccc2)C2OC3(CCCC3)O[C@H]2C(c2ccccc2)(c2ccccc2)O1)P1OC(c2ccccc2)(c2ccccc2)C2OC3(CCCC3)OC2C(c2ccccc2)(c2ccccc2)O1.CN(CCN(C)p1oc2ccc3ccccc3c2c2c(ccc3ccccc32)o1)p1oc2ccc3ccccc3c2c2c(ccc3ccccc32)o1. The molecule has 6 fully saturated rings. The minimum absolute atomic E-state index is 0.477. The van der Waals surface area contributed by atoms with E-state index in [0.29, 0.717) is 26.2 Å². The third-order valence-electron chi connectivity index (χ3n) is 28.1. The molecule has 16 nitrogen and oxygen atoms in total. The van der Waals surface area contributed by atoms with Gasteiger partial charge in [0.05, 0.1) is 0 Å². The van der Waals surface area contributed by atoms with Crippen LogP contribution in [0.5, 0.6) is 0 Å². The Morgan fingerprint density at radius 1 is 0.224 bits per heavy atom. The second kappa shape index (κ2) is 36.4. The summed E-state index contributed by atoms with van der Waals surface area (Å²) in [5, 5.41) is 13.5. The molecule has 6 aliphatic rings. The van der Waals surface area contributed by atoms with E-state index in [4.69, 9.17) is 53.8 Å². The van der Waals surface area contributed by atoms with E-state index in [-0.39, 0.29) is 0 Å². The molecule has 24 rings (SSSR count). The number of ether oxygens (including phenoxy) is 4. The van der Waals surface area contributed by atoms with Crippen LogP contribution in [-0.4, -0.2) is 99.7 Å². The van der Waals surface area contributed by atoms with Crippen LogP contribution in [0, 0.1) is 0 Å². The van der Waals surface area contributed by atoms with Crippen LogP contribution in [0.3, 0.4) is 0 Å². The number of fused-ring (bicyclic) bond motifs is 16. The Kier molecular flexibility index (Phi) is 23.6. The molecule has 4 aliphatic heterocycles. The molecule has 2 aromatic heterocycles. The first kappa shape index (κ1) is 86.8. The van der Waals surface area contributed by atoms with E-state index in [9.17, 15) is 0 Å². The highest BCUT2D eigenvalue weighted by Gasteiger charge is 2.71. The third kappa shape index (κ3) is 15.3. The quantitative estimate of drug-likeness (QED) is 0.0752. The molecule has 2 aliphatic carbocycles. The smallest absolute Gasteiger partial charge is 0.309 e. The lowest BCUT2D eigenvalue weighted by Crippen LogP contribution is -2.53. The van der Waals surface area contributed by atoms with Crippen molar-refractivity contribution in [3.63, 3.8) is 0 Å². The Labute approximate surface area is 784 Å². The van der Waals surface area contributed by atoms with E-state index < -0.39 is 91.8 Å². The summed E-state index contributed by atoms with van der Waals surface area (Å²) in [4.78, 5) is 0. The molecule has 6 heterocycles. The van der Waals surface area contributed by atoms with Crippen LogP contribution in [0.15, 0.2) is 405 Å². The Morgan fingerprint density at radius 2 is 0.410 bits per heavy atom. The summed E-state index contributed by atoms with van der Waals surface area (Å²) in [6.07, 6.45) is 4.51. The highest BCUT2D eigenvalue weighted by atomic mass is 31.2. The van der Waals surface area contributed by atoms with Gasteiger partial charge >= 0.3 is 16.3 Å². The van der Waals surface area contributed by atoms with Crippen molar-refractivity contribution >= 4 is 120 Å². The van der Waals surface area contributed by atoms with Crippen molar-refractivity contribution in [2.75, 3.05) is 63.7 Å². The Bertz CT molecular complexity index is 6360. The summed E-state index contributed by atoms with van der Waals surface area (Å²) in [5.74, 6) is -1.64. The van der Waals surface area contributed by atoms with Crippen LogP contribution in [-0.2, 0) is 59.4 Å². The average molecular weight is 1850 g/mol. The monoisotopic (exact) mass is 1840 g/mol. The van der Waals surface area contributed by atoms with Gasteiger partial charge in [-0.15, -0.1) is 0 Å². The van der Waals surface area contributed by atoms with Gasteiger partial charge in [0, 0.05) is 87.5 Å². The number of nitrogens with zero attached hydrogens (tertiary/aromatic N) is 4. The van der Waals surface area contributed by atoms with E-state index in [0.717, 1.165) is 161 Å². The molecule has 4 saturated heterocycles. The minimum Gasteiger partial charge on any atom is -0.408 e. The van der Waals surface area contributed by atoms with Crippen molar-refractivity contribution < 1.29 is 53.8 Å². The van der Waals surface area contributed by atoms with E-state index in [1.165, 1.54) is 21.5 Å². The van der Waals surface area contributed by atoms with Crippen molar-refractivity contribution in [3.05, 3.63) is 433 Å². The molecule has 2 spiro atoms. The topological polar surface area (TPSA) is 139 Å². The molecular weight excluding hydrogens is 1740 g/mol. The van der Waals surface area contributed by atoms with Crippen molar-refractivity contribution in [2.24, 2.45) is 0 Å². The Balaban J connectivity index is 0.000000167. The fraction of sp³-hybridized carbons (Fsp3) is 0.228. The minimum atomic E-state index is -2.00. The Morgan fingerprint density at radius 3 is 0.619 bits per heavy atom. The predicted molar refractivity (Wildman–Crippen MR) is 541 cm³/mol. The number of rotatable bonds is 18. The Hall–Kier alpha value is -11.3. The summed E-state index contributed by atoms with van der Waals surface area (Å²) in [6, 6.07) is 136. The first-order valence-electron chi connectivity index (χ1n) is 46.7. The predicted octanol–water partition coefficient (Wildman–Crippen LogP) is 28.6. The zero-order chi connectivity index (χ0) is 90.0. The van der Waals surface area contributed by atoms with Crippen molar-refractivity contribution in [1.82, 2.24) is 9.34 Å². The van der Waals surface area contributed by atoms with Gasteiger partial charge < -0.3 is 53.8 Å². The highest BCUT2D eigenvalue weighted by Crippen LogP contribution is 2.70. The van der Waals surface area contributed by atoms with E-state index in [2.05, 4.69) is 435 Å². The van der Waals surface area contributed by atoms with Gasteiger partial charge in [0.25, 0.3) is 17.1 Å². The maximum absolute atomic E-state index is 8.09. The molecular formula is C114H104N4O12P4. The van der Waals surface area contributed by atoms with Gasteiger partial charge in [-0.1, -0.05) is 364 Å². The molecule has 4 unspecified atom stereocenters. The fourth-order valence-electron chi connectivity index (χ4n) is 21.5. The number of hydrogen-bond acceptors (Lipinski definition) is 16. The molecule has 2 saturated carbocycles. The van der Waals surface area contributed by atoms with Crippen LogP contribution in [0.4, 0.5) is 0 Å². The molecule has 20 heteroatoms. The lowest BCUT2D eigenvalue weighted by atomic mass is 9.72. The fourth-order valence-corrected chi connectivity index (χ4v) is 27.3. The van der Waals surface area contributed by atoms with Gasteiger partial charge in [-0.3, -0.25) is 0 Å². The molecule has 134 heavy (non-hydrogen) atoms. The van der Waals surface area contributed by atoms with Gasteiger partial charge in [0.15, 0.2) is 34.0 Å². The van der Waals surface area contributed by atoms with Crippen molar-refractivity contribution in [3.8, 4) is 0 Å². The normalized spacial score (nSPS) is 20.8. The van der Waals surface area contributed by atoms with Gasteiger partial charge in [0.1, 0.15) is 46.7 Å². The first-order chi connectivity index (χ1) is 65.9. The van der Waals surface area contributed by atoms with Gasteiger partial charge in [-0.2, -0.15) is 0 Å². The first-order valence-corrected chi connectivity index (χ1v) is 51.2. The third-order valence-corrected chi connectivity index (χ3v) is 34.4. The standard InChI is InChI=1S/C70H70N2O8P2.C44H34N2O4P2/c1-71(81-77-67(53-31-11-3-12-32-53,54-33-13-4-14-34-54)61-62(74-65(73-61)47-27-28-48-65)68(78-81,55-35-15-5-16-36-55)56-37-17-6-18-38-56)51-52-72(2)82-79-69(57-39-19-7-20-40-57,58-41-21-8-22-42-58)63-64(76-66(75-63)49-29-30-50-66)70(80-82,59-43-23-9-24-44-59)60-45-25-10-26-46-60;1-45(51-47-37-23-19-29-11-3-7-15-33(29)41(37)42-34-16-8-4-12-30(34)20-24-38(42)48-51)27-28-46(2)52-49-39-25-21-31-13-5-9-17-35(31)43(39)44-36-18-10-6-14-32(36)22-26-40(44)50-52/h3-26,31-46,61-64H,27-30,47-52H2,1-2H3;3-26H,27-28H2,1-2H3/t61-,62?,63?,64?,81?,82?;/m1./s1. The van der Waals surface area contributed by atoms with Crippen LogP contribution in [0.2, 0.25) is 0 Å². The molecule has 5 atom stereocenters. The van der Waals surface area contributed by atoms with Gasteiger partial charge in [0.2, 0.25) is 0 Å². The molecule has 16 aromatic carbocycles. The second-order valence-electron chi connectivity index (χ2n) is 36.1. The zero-order valence-electron chi connectivity index (χ0n) is 75.2. The summed E-state index contributed by atoms with van der Waals surface area (Å²) < 4.78 is 99.3. The lowest BCUT2D eigenvalue weighted by molar-refractivity contribution is -0.194. The molecule has 0 bridgehead atoms. The summed E-state index contributed by atoms with van der Waals surface area (Å²) in [5.41, 5.74) is 6.21. The molecule has 0 N–H and O–H groups in total. The maximum atomic E-state index is 8.09. The molecule has 672 valence electrons. The van der Waals surface area contributed by atoms with E-state index >= 15 is 0 Å². The van der Waals surface area contributed by atoms with Crippen LogP contribution in [0.25, 0.3) is 87.0 Å². The van der Waals surface area contributed by atoms with Crippen molar-refractivity contribution in [2.45, 2.75) is 110 Å². The molecule has 18 aromatic rings. The van der Waals surface area contributed by atoms with Gasteiger partial charge in [-0.25, -0.2) is 18.7 Å². The summed E-state index contributed by atoms with van der Waals surface area (Å²) >= 11 is 0. The number of likely N-dealkylation sites (N-methyl/N-ethyl adjacent to an activating group) is 4. The second-order valence-corrected chi connectivity index (χ2v) is 42.2. The number of benzene rings is 16. The van der Waals surface area contributed by atoms with Crippen LogP contribution < -0.4 is 9.34 Å². The van der Waals surface area contributed by atoms with Crippen LogP contribution in [0.1, 0.15) is 95.9 Å². The maximum Gasteiger partial charge on any atom is 0.309 e. The lowest BCUT2D eigenvalue weighted by Gasteiger charge is -2.42. The summed E-state index contributed by atoms with van der Waals surface area (Å²) in [7, 11) is 1.40. The average Bonchev–Trinajstić information content (AvgIpc) is 1.53. The summed E-state index contributed by atoms with van der Waals surface area (Å²) in [6.45, 7) is 2.28. The van der Waals surface area contributed by atoms with E-state index in [1.807, 2.05) is 0 Å². The highest BCUT2D eigenvalue weighted by molar-refractivity contribution is 7.45. The largest absolute Gasteiger partial charge is 0.408 e. The van der Waals surface area contributed by atoms with E-state index in [1.54, 1.807) is 0 Å². The van der Waals surface area contributed by atoms with Crippen LogP contribution >= 0.6 is 33.4 Å². The number of hydrogen-bond donors (Lipinski definition) is 0. The molecule has 0 amide bonds. The molecule has 0 radical (unpaired) electrons. The van der Waals surface area contributed by atoms with Gasteiger partial charge in [-0.05, 0) is 152 Å².